The molecule has 0 aliphatic carbocycles. The molecule has 0 saturated heterocycles. The average molecular weight is 779 g/mol. The minimum Gasteiger partial charge on any atom is -0.462 e. The van der Waals surface area contributed by atoms with Gasteiger partial charge in [-0.2, -0.15) is 0 Å². The molecule has 0 N–H and O–H groups in total. The first-order valence-corrected chi connectivity index (χ1v) is 24.3. The molecule has 0 aliphatic heterocycles. The van der Waals surface area contributed by atoms with Gasteiger partial charge in [-0.1, -0.05) is 227 Å². The molecule has 0 aliphatic rings. The zero-order valence-electron chi connectivity index (χ0n) is 37.6. The highest BCUT2D eigenvalue weighted by molar-refractivity contribution is 5.71. The highest BCUT2D eigenvalue weighted by Gasteiger charge is 2.19. The van der Waals surface area contributed by atoms with E-state index in [2.05, 4.69) is 34.6 Å². The quantitative estimate of drug-likeness (QED) is 0.0348. The van der Waals surface area contributed by atoms with Crippen LogP contribution in [0.2, 0.25) is 0 Å². The summed E-state index contributed by atoms with van der Waals surface area (Å²) in [6, 6.07) is 0. The molecule has 0 aromatic rings. The van der Waals surface area contributed by atoms with Crippen molar-refractivity contribution in [2.45, 2.75) is 272 Å². The van der Waals surface area contributed by atoms with Gasteiger partial charge in [-0.15, -0.1) is 0 Å². The van der Waals surface area contributed by atoms with E-state index in [0.29, 0.717) is 19.3 Å². The summed E-state index contributed by atoms with van der Waals surface area (Å²) in [6.07, 6.45) is 40.8. The third-order valence-electron chi connectivity index (χ3n) is 11.7. The third kappa shape index (κ3) is 40.4. The second-order valence-corrected chi connectivity index (χ2v) is 17.2. The molecule has 0 radical (unpaired) electrons. The lowest BCUT2D eigenvalue weighted by molar-refractivity contribution is -0.167. The van der Waals surface area contributed by atoms with Crippen LogP contribution in [0.3, 0.4) is 0 Å². The summed E-state index contributed by atoms with van der Waals surface area (Å²) in [5.74, 6) is 0.828. The Balaban J connectivity index is 4.33. The monoisotopic (exact) mass is 779 g/mol. The van der Waals surface area contributed by atoms with Crippen LogP contribution in [0.25, 0.3) is 0 Å². The maximum absolute atomic E-state index is 12.7. The van der Waals surface area contributed by atoms with Crippen LogP contribution in [0.15, 0.2) is 0 Å². The van der Waals surface area contributed by atoms with E-state index >= 15 is 0 Å². The Labute approximate surface area is 342 Å². The van der Waals surface area contributed by atoms with Gasteiger partial charge in [0, 0.05) is 19.3 Å². The molecule has 0 aromatic carbocycles. The van der Waals surface area contributed by atoms with Gasteiger partial charge in [0.1, 0.15) is 13.2 Å². The van der Waals surface area contributed by atoms with Gasteiger partial charge in [-0.05, 0) is 31.1 Å². The van der Waals surface area contributed by atoms with Crippen LogP contribution in [0, 0.1) is 11.8 Å². The zero-order valence-corrected chi connectivity index (χ0v) is 37.6. The summed E-state index contributed by atoms with van der Waals surface area (Å²) in [6.45, 7) is 11.3. The summed E-state index contributed by atoms with van der Waals surface area (Å²) < 4.78 is 16.8. The van der Waals surface area contributed by atoms with Crippen molar-refractivity contribution in [2.75, 3.05) is 13.2 Å². The molecule has 0 bridgehead atoms. The number of ether oxygens (including phenoxy) is 3. The maximum atomic E-state index is 12.7. The standard InChI is InChI=1S/C49H94O6/c1-6-9-10-11-12-13-14-15-16-21-24-31-36-41-49(52)55-46(43-54-48(51)40-35-30-26-25-28-33-38-45(5)8-3)42-53-47(50)39-34-29-23-20-18-17-19-22-27-32-37-44(4)7-2/h44-46H,6-43H2,1-5H3/t44?,45?,46-/m1/s1. The summed E-state index contributed by atoms with van der Waals surface area (Å²) >= 11 is 0. The van der Waals surface area contributed by atoms with Crippen LogP contribution in [-0.2, 0) is 28.6 Å². The van der Waals surface area contributed by atoms with E-state index in [1.54, 1.807) is 0 Å². The highest BCUT2D eigenvalue weighted by atomic mass is 16.6. The summed E-state index contributed by atoms with van der Waals surface area (Å²) in [5.41, 5.74) is 0. The van der Waals surface area contributed by atoms with E-state index in [4.69, 9.17) is 14.2 Å². The molecule has 6 heteroatoms. The van der Waals surface area contributed by atoms with Crippen molar-refractivity contribution in [3.63, 3.8) is 0 Å². The second-order valence-electron chi connectivity index (χ2n) is 17.2. The van der Waals surface area contributed by atoms with E-state index in [0.717, 1.165) is 69.6 Å². The fourth-order valence-electron chi connectivity index (χ4n) is 7.22. The molecule has 3 atom stereocenters. The van der Waals surface area contributed by atoms with Crippen molar-refractivity contribution in [3.05, 3.63) is 0 Å². The van der Waals surface area contributed by atoms with Crippen LogP contribution in [-0.4, -0.2) is 37.2 Å². The SMILES string of the molecule is CCCCCCCCCCCCCCCC(=O)O[C@H](COC(=O)CCCCCCCCCCCCC(C)CC)COC(=O)CCCCCCCCC(C)CC. The molecule has 0 fully saturated rings. The van der Waals surface area contributed by atoms with E-state index in [1.165, 1.54) is 154 Å². The van der Waals surface area contributed by atoms with Crippen molar-refractivity contribution in [1.82, 2.24) is 0 Å². The third-order valence-corrected chi connectivity index (χ3v) is 11.7. The topological polar surface area (TPSA) is 78.9 Å². The molecule has 0 aromatic heterocycles. The Morgan fingerprint density at radius 2 is 0.636 bits per heavy atom. The summed E-state index contributed by atoms with van der Waals surface area (Å²) in [5, 5.41) is 0. The predicted octanol–water partition coefficient (Wildman–Crippen LogP) is 15.4. The largest absolute Gasteiger partial charge is 0.462 e. The Hall–Kier alpha value is -1.59. The fraction of sp³-hybridized carbons (Fsp3) is 0.939. The van der Waals surface area contributed by atoms with Crippen molar-refractivity contribution in [1.29, 1.82) is 0 Å². The van der Waals surface area contributed by atoms with Crippen LogP contribution in [0.5, 0.6) is 0 Å². The number of carbonyl (C=O) groups is 3. The number of hydrogen-bond acceptors (Lipinski definition) is 6. The molecule has 2 unspecified atom stereocenters. The van der Waals surface area contributed by atoms with Gasteiger partial charge in [0.2, 0.25) is 0 Å². The van der Waals surface area contributed by atoms with Crippen LogP contribution < -0.4 is 0 Å². The molecule has 0 rings (SSSR count). The molecular formula is C49H94O6. The number of rotatable bonds is 43. The fourth-order valence-corrected chi connectivity index (χ4v) is 7.22. The number of unbranched alkanes of at least 4 members (excludes halogenated alkanes) is 26. The van der Waals surface area contributed by atoms with Crippen LogP contribution in [0.4, 0.5) is 0 Å². The van der Waals surface area contributed by atoms with Crippen LogP contribution in [0.1, 0.15) is 266 Å². The maximum Gasteiger partial charge on any atom is 0.306 e. The normalized spacial score (nSPS) is 13.0. The Kier molecular flexibility index (Phi) is 40.8. The predicted molar refractivity (Wildman–Crippen MR) is 233 cm³/mol. The Bertz CT molecular complexity index is 843. The molecule has 6 nitrogen and oxygen atoms in total. The molecule has 0 amide bonds. The smallest absolute Gasteiger partial charge is 0.306 e. The van der Waals surface area contributed by atoms with Crippen molar-refractivity contribution < 1.29 is 28.6 Å². The van der Waals surface area contributed by atoms with Crippen molar-refractivity contribution in [3.8, 4) is 0 Å². The molecule has 326 valence electrons. The number of esters is 3. The average Bonchev–Trinajstić information content (AvgIpc) is 3.18. The zero-order chi connectivity index (χ0) is 40.5. The second kappa shape index (κ2) is 42.0. The number of carbonyl (C=O) groups excluding carboxylic acids is 3. The molecule has 0 heterocycles. The van der Waals surface area contributed by atoms with Crippen molar-refractivity contribution >= 4 is 17.9 Å². The minimum atomic E-state index is -0.761. The minimum absolute atomic E-state index is 0.0650. The lowest BCUT2D eigenvalue weighted by Crippen LogP contribution is -2.30. The first-order chi connectivity index (χ1) is 26.8. The van der Waals surface area contributed by atoms with Gasteiger partial charge in [0.25, 0.3) is 0 Å². The molecular weight excluding hydrogens is 685 g/mol. The lowest BCUT2D eigenvalue weighted by Gasteiger charge is -2.18. The van der Waals surface area contributed by atoms with Gasteiger partial charge in [0.05, 0.1) is 0 Å². The van der Waals surface area contributed by atoms with Crippen molar-refractivity contribution in [2.24, 2.45) is 11.8 Å². The molecule has 55 heavy (non-hydrogen) atoms. The Morgan fingerprint density at radius 1 is 0.364 bits per heavy atom. The van der Waals surface area contributed by atoms with Crippen LogP contribution >= 0.6 is 0 Å². The summed E-state index contributed by atoms with van der Waals surface area (Å²) in [4.78, 5) is 37.8. The van der Waals surface area contributed by atoms with Gasteiger partial charge in [-0.25, -0.2) is 0 Å². The first-order valence-electron chi connectivity index (χ1n) is 24.3. The van der Waals surface area contributed by atoms with E-state index in [-0.39, 0.29) is 31.1 Å². The Morgan fingerprint density at radius 3 is 0.945 bits per heavy atom. The van der Waals surface area contributed by atoms with Gasteiger partial charge in [0.15, 0.2) is 6.10 Å². The van der Waals surface area contributed by atoms with E-state index in [9.17, 15) is 14.4 Å². The molecule has 0 spiro atoms. The lowest BCUT2D eigenvalue weighted by atomic mass is 9.99. The first kappa shape index (κ1) is 53.4. The van der Waals surface area contributed by atoms with E-state index < -0.39 is 6.10 Å². The van der Waals surface area contributed by atoms with Gasteiger partial charge in [-0.3, -0.25) is 14.4 Å². The van der Waals surface area contributed by atoms with Gasteiger partial charge < -0.3 is 14.2 Å². The highest BCUT2D eigenvalue weighted by Crippen LogP contribution is 2.18. The number of hydrogen-bond donors (Lipinski definition) is 0. The van der Waals surface area contributed by atoms with E-state index in [1.807, 2.05) is 0 Å². The summed E-state index contributed by atoms with van der Waals surface area (Å²) in [7, 11) is 0. The molecule has 0 saturated carbocycles. The van der Waals surface area contributed by atoms with Gasteiger partial charge >= 0.3 is 17.9 Å².